The highest BCUT2D eigenvalue weighted by atomic mass is 16.5. The van der Waals surface area contributed by atoms with Crippen molar-refractivity contribution in [1.29, 1.82) is 0 Å². The molecule has 1 aliphatic rings. The highest BCUT2D eigenvalue weighted by molar-refractivity contribution is 5.71. The molecule has 1 saturated heterocycles. The highest BCUT2D eigenvalue weighted by Crippen LogP contribution is 2.20. The number of esters is 1. The van der Waals surface area contributed by atoms with Gasteiger partial charge in [-0.15, -0.1) is 0 Å². The van der Waals surface area contributed by atoms with Gasteiger partial charge < -0.3 is 9.47 Å². The maximum atomic E-state index is 11.2. The minimum absolute atomic E-state index is 0.0267. The van der Waals surface area contributed by atoms with E-state index < -0.39 is 0 Å². The van der Waals surface area contributed by atoms with Gasteiger partial charge in [-0.05, 0) is 13.3 Å². The van der Waals surface area contributed by atoms with Crippen LogP contribution in [0.1, 0.15) is 20.3 Å². The molecular weight excluding hydrogens is 156 g/mol. The van der Waals surface area contributed by atoms with Gasteiger partial charge in [0.25, 0.3) is 0 Å². The fraction of sp³-hybridized carbons (Fsp3) is 0.889. The monoisotopic (exact) mass is 172 g/mol. The predicted octanol–water partition coefficient (Wildman–Crippen LogP) is 1.22. The lowest BCUT2D eigenvalue weighted by Gasteiger charge is -2.27. The van der Waals surface area contributed by atoms with Crippen molar-refractivity contribution in [2.45, 2.75) is 20.3 Å². The topological polar surface area (TPSA) is 35.5 Å². The second-order valence-corrected chi connectivity index (χ2v) is 3.29. The Bertz CT molecular complexity index is 152. The summed E-state index contributed by atoms with van der Waals surface area (Å²) < 4.78 is 9.92. The molecule has 3 heteroatoms. The summed E-state index contributed by atoms with van der Waals surface area (Å²) in [6, 6.07) is 0. The van der Waals surface area contributed by atoms with E-state index in [1.807, 2.05) is 13.8 Å². The van der Waals surface area contributed by atoms with E-state index >= 15 is 0 Å². The molecule has 1 rings (SSSR count). The van der Waals surface area contributed by atoms with Crippen LogP contribution in [0.4, 0.5) is 0 Å². The predicted molar refractivity (Wildman–Crippen MR) is 44.7 cm³/mol. The average Bonchev–Trinajstić information content (AvgIpc) is 1.97. The first-order valence-electron chi connectivity index (χ1n) is 4.48. The van der Waals surface area contributed by atoms with Crippen molar-refractivity contribution in [3.05, 3.63) is 0 Å². The second kappa shape index (κ2) is 4.45. The van der Waals surface area contributed by atoms with E-state index in [9.17, 15) is 4.79 Å². The van der Waals surface area contributed by atoms with Gasteiger partial charge in [0.1, 0.15) is 0 Å². The van der Waals surface area contributed by atoms with E-state index in [4.69, 9.17) is 9.47 Å². The SMILES string of the molecule is CCOC(=O)C(C)CC1COC1. The lowest BCUT2D eigenvalue weighted by molar-refractivity contribution is -0.149. The molecule has 0 aromatic heterocycles. The van der Waals surface area contributed by atoms with Crippen molar-refractivity contribution >= 4 is 5.97 Å². The number of ether oxygens (including phenoxy) is 2. The highest BCUT2D eigenvalue weighted by Gasteiger charge is 2.24. The summed E-state index contributed by atoms with van der Waals surface area (Å²) >= 11 is 0. The molecule has 0 radical (unpaired) electrons. The molecule has 0 spiro atoms. The molecule has 1 aliphatic heterocycles. The van der Waals surface area contributed by atoms with Crippen LogP contribution in [-0.2, 0) is 14.3 Å². The Labute approximate surface area is 73.0 Å². The third-order valence-corrected chi connectivity index (χ3v) is 2.08. The minimum atomic E-state index is -0.0793. The van der Waals surface area contributed by atoms with E-state index in [2.05, 4.69) is 0 Å². The molecular formula is C9H16O3. The Morgan fingerprint density at radius 1 is 1.67 bits per heavy atom. The molecule has 1 unspecified atom stereocenters. The van der Waals surface area contributed by atoms with Gasteiger partial charge in [-0.1, -0.05) is 6.92 Å². The minimum Gasteiger partial charge on any atom is -0.466 e. The van der Waals surface area contributed by atoms with Crippen LogP contribution in [0.2, 0.25) is 0 Å². The first-order valence-corrected chi connectivity index (χ1v) is 4.48. The van der Waals surface area contributed by atoms with E-state index in [0.29, 0.717) is 12.5 Å². The number of rotatable bonds is 4. The largest absolute Gasteiger partial charge is 0.466 e. The number of hydrogen-bond donors (Lipinski definition) is 0. The van der Waals surface area contributed by atoms with Crippen LogP contribution >= 0.6 is 0 Å². The summed E-state index contributed by atoms with van der Waals surface area (Å²) in [6.45, 7) is 5.84. The lowest BCUT2D eigenvalue weighted by Crippen LogP contribution is -2.31. The Balaban J connectivity index is 2.16. The molecule has 0 aromatic carbocycles. The maximum absolute atomic E-state index is 11.2. The maximum Gasteiger partial charge on any atom is 0.308 e. The third-order valence-electron chi connectivity index (χ3n) is 2.08. The molecule has 70 valence electrons. The van der Waals surface area contributed by atoms with Gasteiger partial charge >= 0.3 is 5.97 Å². The molecule has 0 aliphatic carbocycles. The molecule has 3 nitrogen and oxygen atoms in total. The first-order chi connectivity index (χ1) is 5.74. The number of hydrogen-bond acceptors (Lipinski definition) is 3. The fourth-order valence-corrected chi connectivity index (χ4v) is 1.30. The standard InChI is InChI=1S/C9H16O3/c1-3-12-9(10)7(2)4-8-5-11-6-8/h7-8H,3-6H2,1-2H3. The van der Waals surface area contributed by atoms with Gasteiger partial charge in [-0.3, -0.25) is 4.79 Å². The Kier molecular flexibility index (Phi) is 3.53. The zero-order valence-corrected chi connectivity index (χ0v) is 7.71. The Morgan fingerprint density at radius 2 is 2.33 bits per heavy atom. The van der Waals surface area contributed by atoms with Crippen molar-refractivity contribution in [2.24, 2.45) is 11.8 Å². The summed E-state index contributed by atoms with van der Waals surface area (Å²) in [7, 11) is 0. The van der Waals surface area contributed by atoms with Gasteiger partial charge in [0.15, 0.2) is 0 Å². The fourth-order valence-electron chi connectivity index (χ4n) is 1.30. The van der Waals surface area contributed by atoms with Gasteiger partial charge in [0.2, 0.25) is 0 Å². The molecule has 0 aromatic rings. The smallest absolute Gasteiger partial charge is 0.308 e. The van der Waals surface area contributed by atoms with Crippen molar-refractivity contribution in [3.8, 4) is 0 Å². The third kappa shape index (κ3) is 2.48. The lowest BCUT2D eigenvalue weighted by atomic mass is 9.95. The van der Waals surface area contributed by atoms with E-state index in [0.717, 1.165) is 19.6 Å². The van der Waals surface area contributed by atoms with Crippen molar-refractivity contribution in [3.63, 3.8) is 0 Å². The van der Waals surface area contributed by atoms with E-state index in [1.54, 1.807) is 0 Å². The molecule has 1 atom stereocenters. The van der Waals surface area contributed by atoms with Crippen LogP contribution in [-0.4, -0.2) is 25.8 Å². The summed E-state index contributed by atoms with van der Waals surface area (Å²) in [5.74, 6) is 0.521. The van der Waals surface area contributed by atoms with E-state index in [-0.39, 0.29) is 11.9 Å². The molecule has 0 saturated carbocycles. The summed E-state index contributed by atoms with van der Waals surface area (Å²) in [6.07, 6.45) is 0.902. The molecule has 1 fully saturated rings. The van der Waals surface area contributed by atoms with Gasteiger partial charge in [-0.25, -0.2) is 0 Å². The molecule has 0 N–H and O–H groups in total. The number of carbonyl (C=O) groups is 1. The summed E-state index contributed by atoms with van der Waals surface area (Å²) in [5, 5.41) is 0. The van der Waals surface area contributed by atoms with Crippen LogP contribution in [0.25, 0.3) is 0 Å². The molecule has 0 bridgehead atoms. The van der Waals surface area contributed by atoms with Crippen molar-refractivity contribution < 1.29 is 14.3 Å². The van der Waals surface area contributed by atoms with E-state index in [1.165, 1.54) is 0 Å². The van der Waals surface area contributed by atoms with Crippen LogP contribution < -0.4 is 0 Å². The van der Waals surface area contributed by atoms with Crippen molar-refractivity contribution in [2.75, 3.05) is 19.8 Å². The molecule has 1 heterocycles. The van der Waals surface area contributed by atoms with Gasteiger partial charge in [-0.2, -0.15) is 0 Å². The zero-order valence-electron chi connectivity index (χ0n) is 7.71. The normalized spacial score (nSPS) is 19.8. The molecule has 12 heavy (non-hydrogen) atoms. The van der Waals surface area contributed by atoms with Crippen LogP contribution in [0.15, 0.2) is 0 Å². The van der Waals surface area contributed by atoms with Gasteiger partial charge in [0.05, 0.1) is 25.7 Å². The van der Waals surface area contributed by atoms with Crippen LogP contribution in [0.5, 0.6) is 0 Å². The Morgan fingerprint density at radius 3 is 2.75 bits per heavy atom. The summed E-state index contributed by atoms with van der Waals surface area (Å²) in [4.78, 5) is 11.2. The first kappa shape index (κ1) is 9.52. The zero-order chi connectivity index (χ0) is 8.97. The average molecular weight is 172 g/mol. The second-order valence-electron chi connectivity index (χ2n) is 3.29. The molecule has 0 amide bonds. The van der Waals surface area contributed by atoms with Crippen LogP contribution in [0, 0.1) is 11.8 Å². The van der Waals surface area contributed by atoms with Crippen molar-refractivity contribution in [1.82, 2.24) is 0 Å². The quantitative estimate of drug-likeness (QED) is 0.598. The van der Waals surface area contributed by atoms with Crippen LogP contribution in [0.3, 0.4) is 0 Å². The summed E-state index contributed by atoms with van der Waals surface area (Å²) in [5.41, 5.74) is 0. The van der Waals surface area contributed by atoms with Gasteiger partial charge in [0, 0.05) is 5.92 Å². The number of carbonyl (C=O) groups excluding carboxylic acids is 1. The Hall–Kier alpha value is -0.570.